The standard InChI is InChI=1S/C25H33N3O2/c1-19-14-20(2)17-28(16-19)18-22-10-8-21(9-11-22)15-27-24(29)12-13-26-25(30)23-6-4-3-5-7-23/h3-11,19-20H,12-18H2,1-2H3,(H,26,30)(H,27,29)/t19-,20-/m1/s1. The Balaban J connectivity index is 1.36. The molecular formula is C25H33N3O2. The van der Waals surface area contributed by atoms with Gasteiger partial charge < -0.3 is 10.6 Å². The summed E-state index contributed by atoms with van der Waals surface area (Å²) in [4.78, 5) is 26.6. The lowest BCUT2D eigenvalue weighted by Gasteiger charge is -2.35. The molecule has 1 aliphatic rings. The molecule has 2 aromatic rings. The first-order chi connectivity index (χ1) is 14.5. The van der Waals surface area contributed by atoms with Gasteiger partial charge in [-0.3, -0.25) is 14.5 Å². The molecule has 0 aromatic heterocycles. The minimum atomic E-state index is -0.156. The van der Waals surface area contributed by atoms with Gasteiger partial charge in [0.2, 0.25) is 5.91 Å². The number of rotatable bonds is 8. The number of amides is 2. The molecule has 0 aliphatic carbocycles. The molecule has 30 heavy (non-hydrogen) atoms. The molecule has 0 bridgehead atoms. The first kappa shape index (κ1) is 22.0. The van der Waals surface area contributed by atoms with Crippen LogP contribution in [-0.4, -0.2) is 36.3 Å². The minimum Gasteiger partial charge on any atom is -0.352 e. The van der Waals surface area contributed by atoms with Gasteiger partial charge in [-0.2, -0.15) is 0 Å². The van der Waals surface area contributed by atoms with Gasteiger partial charge in [-0.25, -0.2) is 0 Å². The summed E-state index contributed by atoms with van der Waals surface area (Å²) < 4.78 is 0. The van der Waals surface area contributed by atoms with E-state index in [4.69, 9.17) is 0 Å². The van der Waals surface area contributed by atoms with Gasteiger partial charge in [0, 0.05) is 44.7 Å². The van der Waals surface area contributed by atoms with Crippen molar-refractivity contribution in [1.29, 1.82) is 0 Å². The zero-order valence-corrected chi connectivity index (χ0v) is 18.1. The van der Waals surface area contributed by atoms with Gasteiger partial charge in [0.1, 0.15) is 0 Å². The van der Waals surface area contributed by atoms with Crippen molar-refractivity contribution in [2.24, 2.45) is 11.8 Å². The summed E-state index contributed by atoms with van der Waals surface area (Å²) >= 11 is 0. The molecule has 0 spiro atoms. The second-order valence-electron chi connectivity index (χ2n) is 8.61. The van der Waals surface area contributed by atoms with Crippen molar-refractivity contribution in [3.05, 3.63) is 71.3 Å². The van der Waals surface area contributed by atoms with Gasteiger partial charge in [-0.15, -0.1) is 0 Å². The van der Waals surface area contributed by atoms with E-state index in [1.807, 2.05) is 18.2 Å². The molecule has 2 amide bonds. The third-order valence-corrected chi connectivity index (χ3v) is 5.54. The largest absolute Gasteiger partial charge is 0.352 e. The monoisotopic (exact) mass is 407 g/mol. The number of likely N-dealkylation sites (tertiary alicyclic amines) is 1. The van der Waals surface area contributed by atoms with Crippen LogP contribution >= 0.6 is 0 Å². The molecule has 2 N–H and O–H groups in total. The fourth-order valence-electron chi connectivity index (χ4n) is 4.21. The van der Waals surface area contributed by atoms with Crippen molar-refractivity contribution in [2.75, 3.05) is 19.6 Å². The van der Waals surface area contributed by atoms with Crippen LogP contribution in [0.1, 0.15) is 48.2 Å². The molecule has 1 aliphatic heterocycles. The second-order valence-corrected chi connectivity index (χ2v) is 8.61. The predicted molar refractivity (Wildman–Crippen MR) is 120 cm³/mol. The summed E-state index contributed by atoms with van der Waals surface area (Å²) in [5, 5.41) is 5.70. The summed E-state index contributed by atoms with van der Waals surface area (Å²) in [5.74, 6) is 1.31. The lowest BCUT2D eigenvalue weighted by atomic mass is 9.91. The van der Waals surface area contributed by atoms with Crippen LogP contribution in [-0.2, 0) is 17.9 Å². The molecule has 160 valence electrons. The lowest BCUT2D eigenvalue weighted by molar-refractivity contribution is -0.121. The van der Waals surface area contributed by atoms with Crippen LogP contribution in [0, 0.1) is 11.8 Å². The van der Waals surface area contributed by atoms with Crippen molar-refractivity contribution in [1.82, 2.24) is 15.5 Å². The fraction of sp³-hybridized carbons (Fsp3) is 0.440. The third kappa shape index (κ3) is 6.99. The Kier molecular flexibility index (Phi) is 8.03. The highest BCUT2D eigenvalue weighted by atomic mass is 16.2. The zero-order chi connectivity index (χ0) is 21.3. The highest BCUT2D eigenvalue weighted by Crippen LogP contribution is 2.22. The van der Waals surface area contributed by atoms with E-state index >= 15 is 0 Å². The van der Waals surface area contributed by atoms with Crippen molar-refractivity contribution >= 4 is 11.8 Å². The fourth-order valence-corrected chi connectivity index (χ4v) is 4.21. The topological polar surface area (TPSA) is 61.4 Å². The Hall–Kier alpha value is -2.66. The van der Waals surface area contributed by atoms with Gasteiger partial charge >= 0.3 is 0 Å². The highest BCUT2D eigenvalue weighted by molar-refractivity contribution is 5.94. The lowest BCUT2D eigenvalue weighted by Crippen LogP contribution is -2.38. The average molecular weight is 408 g/mol. The summed E-state index contributed by atoms with van der Waals surface area (Å²) in [7, 11) is 0. The maximum Gasteiger partial charge on any atom is 0.251 e. The van der Waals surface area contributed by atoms with Crippen molar-refractivity contribution in [3.8, 4) is 0 Å². The van der Waals surface area contributed by atoms with Gasteiger partial charge in [-0.05, 0) is 41.5 Å². The number of carbonyl (C=O) groups is 2. The van der Waals surface area contributed by atoms with E-state index in [0.29, 0.717) is 18.7 Å². The SMILES string of the molecule is C[C@@H]1C[C@@H](C)CN(Cc2ccc(CNC(=O)CCNC(=O)c3ccccc3)cc2)C1. The molecule has 5 nitrogen and oxygen atoms in total. The zero-order valence-electron chi connectivity index (χ0n) is 18.1. The number of nitrogens with one attached hydrogen (secondary N) is 2. The minimum absolute atomic E-state index is 0.0660. The Labute approximate surface area is 179 Å². The number of piperidine rings is 1. The Morgan fingerprint density at radius 2 is 1.53 bits per heavy atom. The van der Waals surface area contributed by atoms with Crippen molar-refractivity contribution < 1.29 is 9.59 Å². The molecule has 0 saturated carbocycles. The van der Waals surface area contributed by atoms with Crippen LogP contribution in [0.4, 0.5) is 0 Å². The van der Waals surface area contributed by atoms with E-state index in [-0.39, 0.29) is 18.2 Å². The quantitative estimate of drug-likeness (QED) is 0.703. The molecule has 2 atom stereocenters. The van der Waals surface area contributed by atoms with Gasteiger partial charge in [0.25, 0.3) is 5.91 Å². The first-order valence-electron chi connectivity index (χ1n) is 10.9. The van der Waals surface area contributed by atoms with Crippen molar-refractivity contribution in [3.63, 3.8) is 0 Å². The van der Waals surface area contributed by atoms with E-state index in [2.05, 4.69) is 53.6 Å². The van der Waals surface area contributed by atoms with E-state index in [0.717, 1.165) is 23.9 Å². The van der Waals surface area contributed by atoms with Gasteiger partial charge in [-0.1, -0.05) is 56.3 Å². The van der Waals surface area contributed by atoms with Crippen LogP contribution in [0.25, 0.3) is 0 Å². The van der Waals surface area contributed by atoms with E-state index < -0.39 is 0 Å². The number of carbonyl (C=O) groups excluding carboxylic acids is 2. The molecule has 1 saturated heterocycles. The van der Waals surface area contributed by atoms with E-state index in [1.165, 1.54) is 25.1 Å². The summed E-state index contributed by atoms with van der Waals surface area (Å²) in [6.07, 6.45) is 1.59. The summed E-state index contributed by atoms with van der Waals surface area (Å²) in [6, 6.07) is 17.5. The first-order valence-corrected chi connectivity index (χ1v) is 10.9. The summed E-state index contributed by atoms with van der Waals surface area (Å²) in [6.45, 7) is 8.83. The smallest absolute Gasteiger partial charge is 0.251 e. The van der Waals surface area contributed by atoms with Crippen LogP contribution in [0.15, 0.2) is 54.6 Å². The van der Waals surface area contributed by atoms with Crippen LogP contribution in [0.5, 0.6) is 0 Å². The Morgan fingerprint density at radius 1 is 0.900 bits per heavy atom. The summed E-state index contributed by atoms with van der Waals surface area (Å²) in [5.41, 5.74) is 3.00. The Bertz CT molecular complexity index is 810. The number of nitrogens with zero attached hydrogens (tertiary/aromatic N) is 1. The van der Waals surface area contributed by atoms with Gasteiger partial charge in [0.15, 0.2) is 0 Å². The van der Waals surface area contributed by atoms with E-state index in [9.17, 15) is 9.59 Å². The van der Waals surface area contributed by atoms with Crippen LogP contribution in [0.2, 0.25) is 0 Å². The number of hydrogen-bond donors (Lipinski definition) is 2. The van der Waals surface area contributed by atoms with E-state index in [1.54, 1.807) is 12.1 Å². The van der Waals surface area contributed by atoms with Crippen molar-refractivity contribution in [2.45, 2.75) is 39.8 Å². The molecule has 2 aromatic carbocycles. The van der Waals surface area contributed by atoms with Gasteiger partial charge in [0.05, 0.1) is 0 Å². The van der Waals surface area contributed by atoms with Crippen LogP contribution in [0.3, 0.4) is 0 Å². The second kappa shape index (κ2) is 10.9. The molecule has 0 radical (unpaired) electrons. The molecule has 0 unspecified atom stereocenters. The maximum absolute atomic E-state index is 12.1. The molecule has 5 heteroatoms. The predicted octanol–water partition coefficient (Wildman–Crippen LogP) is 3.60. The maximum atomic E-state index is 12.1. The highest BCUT2D eigenvalue weighted by Gasteiger charge is 2.21. The molecule has 3 rings (SSSR count). The number of benzene rings is 2. The molecular weight excluding hydrogens is 374 g/mol. The average Bonchev–Trinajstić information content (AvgIpc) is 2.73. The van der Waals surface area contributed by atoms with Crippen LogP contribution < -0.4 is 10.6 Å². The third-order valence-electron chi connectivity index (χ3n) is 5.54. The number of hydrogen-bond acceptors (Lipinski definition) is 3. The normalized spacial score (nSPS) is 19.3. The Morgan fingerprint density at radius 3 is 2.20 bits per heavy atom. The molecule has 1 fully saturated rings. The molecule has 1 heterocycles.